The summed E-state index contributed by atoms with van der Waals surface area (Å²) >= 11 is 0. The highest BCUT2D eigenvalue weighted by Crippen LogP contribution is 2.40. The molecule has 30 heavy (non-hydrogen) atoms. The Bertz CT molecular complexity index is 1250. The lowest BCUT2D eigenvalue weighted by Crippen LogP contribution is -2.11. The highest BCUT2D eigenvalue weighted by Gasteiger charge is 2.27. The van der Waals surface area contributed by atoms with Crippen molar-refractivity contribution in [3.8, 4) is 28.2 Å². The van der Waals surface area contributed by atoms with E-state index in [9.17, 15) is 0 Å². The molecule has 4 heteroatoms. The smallest absolute Gasteiger partial charge is 0.134 e. The summed E-state index contributed by atoms with van der Waals surface area (Å²) in [5.74, 6) is 3.16. The largest absolute Gasteiger partial charge is 0.497 e. The number of furan rings is 1. The Morgan fingerprint density at radius 3 is 2.40 bits per heavy atom. The summed E-state index contributed by atoms with van der Waals surface area (Å²) in [5, 5.41) is 0. The van der Waals surface area contributed by atoms with E-state index in [1.807, 2.05) is 49.4 Å². The Balaban J connectivity index is 1.58. The number of hydrogen-bond donors (Lipinski definition) is 1. The van der Waals surface area contributed by atoms with Crippen molar-refractivity contribution < 1.29 is 9.15 Å². The number of amidine groups is 1. The molecule has 4 aromatic rings. The third-order valence-corrected chi connectivity index (χ3v) is 5.55. The van der Waals surface area contributed by atoms with Crippen LogP contribution in [0.3, 0.4) is 0 Å². The zero-order chi connectivity index (χ0) is 20.7. The molecule has 148 valence electrons. The van der Waals surface area contributed by atoms with Gasteiger partial charge in [-0.15, -0.1) is 0 Å². The number of ether oxygens (including phenoxy) is 1. The lowest BCUT2D eigenvalue weighted by Gasteiger charge is -2.13. The van der Waals surface area contributed by atoms with Crippen molar-refractivity contribution in [1.82, 2.24) is 0 Å². The minimum Gasteiger partial charge on any atom is -0.497 e. The van der Waals surface area contributed by atoms with Crippen LogP contribution in [0.15, 0.2) is 88.3 Å². The van der Waals surface area contributed by atoms with Crippen LogP contribution in [-0.4, -0.2) is 12.9 Å². The van der Waals surface area contributed by atoms with Gasteiger partial charge < -0.3 is 14.9 Å². The molecule has 1 aliphatic heterocycles. The molecule has 0 spiro atoms. The minimum atomic E-state index is -0.109. The van der Waals surface area contributed by atoms with E-state index in [1.54, 1.807) is 7.11 Å². The van der Waals surface area contributed by atoms with Crippen LogP contribution in [0.2, 0.25) is 0 Å². The molecule has 5 rings (SSSR count). The van der Waals surface area contributed by atoms with Gasteiger partial charge in [0.1, 0.15) is 29.1 Å². The first kappa shape index (κ1) is 18.3. The second-order valence-corrected chi connectivity index (χ2v) is 7.45. The molecular formula is C26H22N2O2. The molecule has 0 fully saturated rings. The first-order valence-corrected chi connectivity index (χ1v) is 9.92. The van der Waals surface area contributed by atoms with Crippen molar-refractivity contribution in [2.45, 2.75) is 13.0 Å². The van der Waals surface area contributed by atoms with Crippen LogP contribution < -0.4 is 10.5 Å². The summed E-state index contributed by atoms with van der Waals surface area (Å²) in [6.07, 6.45) is 0. The average molecular weight is 394 g/mol. The Kier molecular flexibility index (Phi) is 4.40. The predicted molar refractivity (Wildman–Crippen MR) is 120 cm³/mol. The molecule has 1 unspecified atom stereocenters. The number of methoxy groups -OCH3 is 1. The molecule has 4 nitrogen and oxygen atoms in total. The van der Waals surface area contributed by atoms with Gasteiger partial charge in [-0.3, -0.25) is 4.99 Å². The van der Waals surface area contributed by atoms with Crippen molar-refractivity contribution in [2.24, 2.45) is 10.7 Å². The van der Waals surface area contributed by atoms with E-state index in [0.29, 0.717) is 5.84 Å². The topological polar surface area (TPSA) is 60.8 Å². The van der Waals surface area contributed by atoms with Gasteiger partial charge in [-0.1, -0.05) is 48.5 Å². The predicted octanol–water partition coefficient (Wildman–Crippen LogP) is 5.74. The molecule has 1 atom stereocenters. The van der Waals surface area contributed by atoms with E-state index in [1.165, 1.54) is 0 Å². The highest BCUT2D eigenvalue weighted by molar-refractivity contribution is 6.07. The van der Waals surface area contributed by atoms with Crippen LogP contribution in [0.25, 0.3) is 22.5 Å². The van der Waals surface area contributed by atoms with Gasteiger partial charge in [0.2, 0.25) is 0 Å². The van der Waals surface area contributed by atoms with Gasteiger partial charge >= 0.3 is 0 Å². The van der Waals surface area contributed by atoms with Crippen molar-refractivity contribution in [1.29, 1.82) is 0 Å². The van der Waals surface area contributed by atoms with E-state index >= 15 is 0 Å². The molecule has 2 heterocycles. The summed E-state index contributed by atoms with van der Waals surface area (Å²) in [5.41, 5.74) is 12.9. The summed E-state index contributed by atoms with van der Waals surface area (Å²) in [6.45, 7) is 1.95. The van der Waals surface area contributed by atoms with E-state index in [2.05, 4.69) is 36.4 Å². The number of nitrogens with two attached hydrogens (primary N) is 1. The highest BCUT2D eigenvalue weighted by atomic mass is 16.5. The molecule has 0 saturated heterocycles. The second kappa shape index (κ2) is 7.23. The van der Waals surface area contributed by atoms with Gasteiger partial charge in [0.15, 0.2) is 0 Å². The van der Waals surface area contributed by atoms with E-state index in [4.69, 9.17) is 19.9 Å². The zero-order valence-corrected chi connectivity index (χ0v) is 16.9. The molecule has 0 bridgehead atoms. The number of aliphatic imine (C=N–C) groups is 1. The van der Waals surface area contributed by atoms with Gasteiger partial charge in [0.05, 0.1) is 7.11 Å². The molecule has 0 aliphatic carbocycles. The summed E-state index contributed by atoms with van der Waals surface area (Å²) in [7, 11) is 1.67. The fraction of sp³-hybridized carbons (Fsp3) is 0.115. The fourth-order valence-electron chi connectivity index (χ4n) is 4.07. The summed E-state index contributed by atoms with van der Waals surface area (Å²) in [4.78, 5) is 4.79. The molecule has 1 aromatic heterocycles. The van der Waals surface area contributed by atoms with Crippen LogP contribution in [0.4, 0.5) is 0 Å². The van der Waals surface area contributed by atoms with E-state index in [0.717, 1.165) is 50.7 Å². The average Bonchev–Trinajstić information content (AvgIpc) is 3.37. The van der Waals surface area contributed by atoms with Crippen molar-refractivity contribution in [3.63, 3.8) is 0 Å². The number of benzene rings is 3. The molecule has 0 radical (unpaired) electrons. The quantitative estimate of drug-likeness (QED) is 0.480. The van der Waals surface area contributed by atoms with Crippen LogP contribution in [0.1, 0.15) is 28.5 Å². The number of hydrogen-bond acceptors (Lipinski definition) is 4. The normalized spacial score (nSPS) is 15.0. The first-order valence-electron chi connectivity index (χ1n) is 9.92. The van der Waals surface area contributed by atoms with Crippen LogP contribution in [0.5, 0.6) is 5.75 Å². The number of nitrogens with zero attached hydrogens (tertiary/aromatic N) is 1. The maximum atomic E-state index is 6.43. The van der Waals surface area contributed by atoms with Crippen molar-refractivity contribution in [2.75, 3.05) is 7.11 Å². The maximum Gasteiger partial charge on any atom is 0.134 e. The van der Waals surface area contributed by atoms with Crippen LogP contribution in [-0.2, 0) is 0 Å². The number of fused-ring (bicyclic) bond motifs is 1. The molecule has 0 amide bonds. The third kappa shape index (κ3) is 3.07. The molecule has 1 aliphatic rings. The summed E-state index contributed by atoms with van der Waals surface area (Å²) in [6, 6.07) is 26.5. The van der Waals surface area contributed by atoms with E-state index < -0.39 is 0 Å². The Hall–Kier alpha value is -3.79. The van der Waals surface area contributed by atoms with Gasteiger partial charge in [-0.25, -0.2) is 0 Å². The van der Waals surface area contributed by atoms with Gasteiger partial charge in [0, 0.05) is 11.1 Å². The molecular weight excluding hydrogens is 372 g/mol. The van der Waals surface area contributed by atoms with Crippen LogP contribution in [0, 0.1) is 6.92 Å². The second-order valence-electron chi connectivity index (χ2n) is 7.45. The fourth-order valence-corrected chi connectivity index (χ4v) is 4.07. The molecule has 2 N–H and O–H groups in total. The zero-order valence-electron chi connectivity index (χ0n) is 16.9. The maximum absolute atomic E-state index is 6.43. The first-order chi connectivity index (χ1) is 14.6. The minimum absolute atomic E-state index is 0.109. The third-order valence-electron chi connectivity index (χ3n) is 5.55. The number of rotatable bonds is 4. The van der Waals surface area contributed by atoms with E-state index in [-0.39, 0.29) is 6.04 Å². The Labute approximate surface area is 175 Å². The monoisotopic (exact) mass is 394 g/mol. The number of aryl methyl sites for hydroxylation is 1. The lowest BCUT2D eigenvalue weighted by molar-refractivity contribution is 0.414. The van der Waals surface area contributed by atoms with Crippen LogP contribution >= 0.6 is 0 Å². The standard InChI is InChI=1S/C26H22N2O2/c1-16-9-14-23(30-16)19-6-3-5-18(15-19)21-7-4-8-22-24(21)26(27)28-25(22)17-10-12-20(29-2)13-11-17/h3-15,25H,1-2H3,(H2,27,28). The Morgan fingerprint density at radius 1 is 0.900 bits per heavy atom. The molecule has 3 aromatic carbocycles. The van der Waals surface area contributed by atoms with Gasteiger partial charge in [0.25, 0.3) is 0 Å². The lowest BCUT2D eigenvalue weighted by atomic mass is 9.91. The van der Waals surface area contributed by atoms with Crippen molar-refractivity contribution >= 4 is 5.84 Å². The van der Waals surface area contributed by atoms with Crippen molar-refractivity contribution in [3.05, 3.63) is 101 Å². The van der Waals surface area contributed by atoms with Gasteiger partial charge in [-0.05, 0) is 59.5 Å². The SMILES string of the molecule is COc1ccc(C2N=C(N)c3c(-c4cccc(-c5ccc(C)o5)c4)cccc32)cc1. The van der Waals surface area contributed by atoms with Gasteiger partial charge in [-0.2, -0.15) is 0 Å². The molecule has 0 saturated carbocycles. The Morgan fingerprint density at radius 2 is 1.67 bits per heavy atom. The summed E-state index contributed by atoms with van der Waals surface area (Å²) < 4.78 is 11.1.